The molecule has 0 aromatic carbocycles. The summed E-state index contributed by atoms with van der Waals surface area (Å²) < 4.78 is 2.54. The van der Waals surface area contributed by atoms with Gasteiger partial charge in [0.15, 0.2) is 0 Å². The van der Waals surface area contributed by atoms with Crippen LogP contribution in [-0.2, 0) is 19.9 Å². The van der Waals surface area contributed by atoms with Gasteiger partial charge in [-0.25, -0.2) is 0 Å². The van der Waals surface area contributed by atoms with Crippen LogP contribution in [0.15, 0.2) is 12.2 Å². The second-order valence-electron chi connectivity index (χ2n) is 5.68. The molecule has 92 valence electrons. The van der Waals surface area contributed by atoms with Gasteiger partial charge in [-0.3, -0.25) is 0 Å². The van der Waals surface area contributed by atoms with Crippen molar-refractivity contribution in [3.63, 3.8) is 0 Å². The fraction of sp³-hybridized carbons (Fsp3) is 0.625. The molecular weight excluding hydrogens is 206 g/mol. The topological polar surface area (TPSA) is 4.93 Å². The van der Waals surface area contributed by atoms with E-state index in [1.54, 1.807) is 22.5 Å². The molecule has 0 bridgehead atoms. The van der Waals surface area contributed by atoms with E-state index in [9.17, 15) is 0 Å². The van der Waals surface area contributed by atoms with Crippen LogP contribution < -0.4 is 0 Å². The summed E-state index contributed by atoms with van der Waals surface area (Å²) in [6.07, 6.45) is 14.0. The quantitative estimate of drug-likeness (QED) is 0.641. The molecule has 0 fully saturated rings. The van der Waals surface area contributed by atoms with Crippen molar-refractivity contribution in [1.29, 1.82) is 0 Å². The fourth-order valence-corrected chi connectivity index (χ4v) is 3.84. The summed E-state index contributed by atoms with van der Waals surface area (Å²) in [4.78, 5) is 0. The van der Waals surface area contributed by atoms with Crippen LogP contribution >= 0.6 is 0 Å². The molecule has 1 aromatic heterocycles. The monoisotopic (exact) mass is 229 g/mol. The molecule has 17 heavy (non-hydrogen) atoms. The third-order valence-electron chi connectivity index (χ3n) is 4.70. The van der Waals surface area contributed by atoms with Gasteiger partial charge in [-0.05, 0) is 63.0 Å². The number of nitrogens with zero attached hydrogens (tertiary/aromatic N) is 1. The summed E-state index contributed by atoms with van der Waals surface area (Å²) in [6, 6.07) is 0. The number of hydrogen-bond donors (Lipinski definition) is 0. The predicted octanol–water partition coefficient (Wildman–Crippen LogP) is 4.04. The van der Waals surface area contributed by atoms with Crippen LogP contribution in [0, 0.1) is 6.92 Å². The summed E-state index contributed by atoms with van der Waals surface area (Å²) in [5.41, 5.74) is 6.57. The lowest BCUT2D eigenvalue weighted by molar-refractivity contribution is 0.564. The molecule has 2 aliphatic carbocycles. The molecule has 0 aliphatic heterocycles. The minimum absolute atomic E-state index is 0.774. The van der Waals surface area contributed by atoms with E-state index in [1.165, 1.54) is 44.9 Å². The van der Waals surface area contributed by atoms with Gasteiger partial charge in [0.05, 0.1) is 0 Å². The zero-order valence-electron chi connectivity index (χ0n) is 11.1. The minimum Gasteiger partial charge on any atom is -0.351 e. The standard InChI is InChI=1S/C16H23N/c1-12-14-10-6-7-11-15(14)17(2)16(12)13-8-4-3-5-9-13/h3-4,13H,5-11H2,1-2H3. The van der Waals surface area contributed by atoms with E-state index in [4.69, 9.17) is 0 Å². The molecule has 1 heteroatoms. The van der Waals surface area contributed by atoms with Crippen LogP contribution in [0.1, 0.15) is 60.5 Å². The van der Waals surface area contributed by atoms with E-state index < -0.39 is 0 Å². The highest BCUT2D eigenvalue weighted by molar-refractivity contribution is 5.41. The van der Waals surface area contributed by atoms with Gasteiger partial charge in [0.2, 0.25) is 0 Å². The molecule has 1 heterocycles. The number of hydrogen-bond acceptors (Lipinski definition) is 0. The van der Waals surface area contributed by atoms with Gasteiger partial charge < -0.3 is 4.57 Å². The molecule has 0 saturated carbocycles. The molecule has 3 rings (SSSR count). The largest absolute Gasteiger partial charge is 0.351 e. The number of aromatic nitrogens is 1. The summed E-state index contributed by atoms with van der Waals surface area (Å²) in [5.74, 6) is 0.774. The van der Waals surface area contributed by atoms with Gasteiger partial charge in [-0.2, -0.15) is 0 Å². The lowest BCUT2D eigenvalue weighted by Crippen LogP contribution is -2.10. The Kier molecular flexibility index (Phi) is 2.85. The Morgan fingerprint density at radius 1 is 1.18 bits per heavy atom. The molecule has 0 saturated heterocycles. The minimum atomic E-state index is 0.774. The Hall–Kier alpha value is -0.980. The lowest BCUT2D eigenvalue weighted by Gasteiger charge is -2.20. The van der Waals surface area contributed by atoms with E-state index in [0.717, 1.165) is 5.92 Å². The molecule has 0 N–H and O–H groups in total. The van der Waals surface area contributed by atoms with Crippen molar-refractivity contribution in [1.82, 2.24) is 4.57 Å². The molecule has 1 unspecified atom stereocenters. The molecular formula is C16H23N. The van der Waals surface area contributed by atoms with Crippen molar-refractivity contribution in [3.8, 4) is 0 Å². The average molecular weight is 229 g/mol. The SMILES string of the molecule is Cc1c2c(n(C)c1C1CC=CCC1)CCCC2. The third kappa shape index (κ3) is 1.76. The van der Waals surface area contributed by atoms with Crippen LogP contribution in [0.3, 0.4) is 0 Å². The second kappa shape index (κ2) is 4.36. The van der Waals surface area contributed by atoms with Crippen molar-refractivity contribution in [2.24, 2.45) is 7.05 Å². The van der Waals surface area contributed by atoms with E-state index in [-0.39, 0.29) is 0 Å². The van der Waals surface area contributed by atoms with Crippen LogP contribution in [0.4, 0.5) is 0 Å². The number of rotatable bonds is 1. The smallest absolute Gasteiger partial charge is 0.0240 e. The molecule has 1 nitrogen and oxygen atoms in total. The maximum atomic E-state index is 2.54. The third-order valence-corrected chi connectivity index (χ3v) is 4.70. The first-order valence-electron chi connectivity index (χ1n) is 7.11. The van der Waals surface area contributed by atoms with Crippen LogP contribution in [-0.4, -0.2) is 4.57 Å². The Morgan fingerprint density at radius 3 is 2.71 bits per heavy atom. The zero-order valence-corrected chi connectivity index (χ0v) is 11.1. The van der Waals surface area contributed by atoms with Gasteiger partial charge in [-0.1, -0.05) is 12.2 Å². The molecule has 0 radical (unpaired) electrons. The van der Waals surface area contributed by atoms with Crippen molar-refractivity contribution >= 4 is 0 Å². The van der Waals surface area contributed by atoms with Crippen molar-refractivity contribution in [2.75, 3.05) is 0 Å². The average Bonchev–Trinajstić information content (AvgIpc) is 2.64. The summed E-state index contributed by atoms with van der Waals surface area (Å²) in [6.45, 7) is 2.36. The first-order valence-corrected chi connectivity index (χ1v) is 7.11. The maximum absolute atomic E-state index is 2.54. The van der Waals surface area contributed by atoms with Gasteiger partial charge in [0.25, 0.3) is 0 Å². The molecule has 1 atom stereocenters. The molecule has 0 amide bonds. The van der Waals surface area contributed by atoms with Gasteiger partial charge >= 0.3 is 0 Å². The normalized spacial score (nSPS) is 23.8. The van der Waals surface area contributed by atoms with E-state index >= 15 is 0 Å². The fourth-order valence-electron chi connectivity index (χ4n) is 3.84. The van der Waals surface area contributed by atoms with Crippen molar-refractivity contribution in [2.45, 2.75) is 57.8 Å². The zero-order chi connectivity index (χ0) is 11.8. The summed E-state index contributed by atoms with van der Waals surface area (Å²) >= 11 is 0. The number of allylic oxidation sites excluding steroid dienone is 2. The Labute approximate surface area is 105 Å². The Balaban J connectivity index is 2.04. The highest BCUT2D eigenvalue weighted by atomic mass is 15.0. The van der Waals surface area contributed by atoms with Crippen molar-refractivity contribution < 1.29 is 0 Å². The summed E-state index contributed by atoms with van der Waals surface area (Å²) in [7, 11) is 2.30. The Bertz CT molecular complexity index is 421. The van der Waals surface area contributed by atoms with Crippen LogP contribution in [0.25, 0.3) is 0 Å². The van der Waals surface area contributed by atoms with Crippen LogP contribution in [0.5, 0.6) is 0 Å². The van der Waals surface area contributed by atoms with E-state index in [2.05, 4.69) is 30.7 Å². The van der Waals surface area contributed by atoms with E-state index in [1.807, 2.05) is 0 Å². The summed E-state index contributed by atoms with van der Waals surface area (Å²) in [5, 5.41) is 0. The molecule has 1 aromatic rings. The first-order chi connectivity index (χ1) is 8.29. The molecule has 0 spiro atoms. The highest BCUT2D eigenvalue weighted by Gasteiger charge is 2.25. The van der Waals surface area contributed by atoms with Gasteiger partial charge in [-0.15, -0.1) is 0 Å². The number of fused-ring (bicyclic) bond motifs is 1. The highest BCUT2D eigenvalue weighted by Crippen LogP contribution is 2.37. The maximum Gasteiger partial charge on any atom is 0.0240 e. The first kappa shape index (κ1) is 11.1. The van der Waals surface area contributed by atoms with E-state index in [0.29, 0.717) is 0 Å². The second-order valence-corrected chi connectivity index (χ2v) is 5.68. The van der Waals surface area contributed by atoms with Crippen LogP contribution in [0.2, 0.25) is 0 Å². The van der Waals surface area contributed by atoms with Gasteiger partial charge in [0.1, 0.15) is 0 Å². The Morgan fingerprint density at radius 2 is 2.00 bits per heavy atom. The predicted molar refractivity (Wildman–Crippen MR) is 72.5 cm³/mol. The lowest BCUT2D eigenvalue weighted by atomic mass is 9.88. The van der Waals surface area contributed by atoms with Crippen molar-refractivity contribution in [3.05, 3.63) is 34.7 Å². The molecule has 2 aliphatic rings. The van der Waals surface area contributed by atoms with Gasteiger partial charge in [0, 0.05) is 24.4 Å².